The van der Waals surface area contributed by atoms with E-state index < -0.39 is 0 Å². The normalized spacial score (nSPS) is 35.7. The summed E-state index contributed by atoms with van der Waals surface area (Å²) in [5.74, 6) is 7.29. The highest BCUT2D eigenvalue weighted by Crippen LogP contribution is 2.45. The maximum absolute atomic E-state index is 4.46. The summed E-state index contributed by atoms with van der Waals surface area (Å²) in [5.41, 5.74) is 1.46. The van der Waals surface area contributed by atoms with E-state index in [1.165, 1.54) is 56.6 Å². The summed E-state index contributed by atoms with van der Waals surface area (Å²) in [6, 6.07) is 0. The van der Waals surface area contributed by atoms with Crippen LogP contribution in [0, 0.1) is 47.3 Å². The smallest absolute Gasteiger partial charge is 0.111 e. The van der Waals surface area contributed by atoms with Crippen LogP contribution in [-0.4, -0.2) is 6.71 Å². The summed E-state index contributed by atoms with van der Waals surface area (Å²) in [4.78, 5) is 0. The SMILES string of the molecule is C=C(C)B(C[C@H]1C[C@H](C)CC[C@H]1C(C)C)C[C@H]1C[C@H](C)CC[C@H]1C(C)C. The van der Waals surface area contributed by atoms with Crippen LogP contribution in [0.3, 0.4) is 0 Å². The third kappa shape index (κ3) is 5.90. The Morgan fingerprint density at radius 2 is 1.19 bits per heavy atom. The average molecular weight is 358 g/mol. The van der Waals surface area contributed by atoms with Gasteiger partial charge in [-0.15, -0.1) is 12.1 Å². The summed E-state index contributed by atoms with van der Waals surface area (Å²) in [5, 5.41) is 0. The number of hydrogen-bond donors (Lipinski definition) is 0. The first kappa shape index (κ1) is 22.1. The number of hydrogen-bond acceptors (Lipinski definition) is 0. The Balaban J connectivity index is 2.08. The Morgan fingerprint density at radius 3 is 1.50 bits per heavy atom. The average Bonchev–Trinajstić information content (AvgIpc) is 2.53. The molecule has 0 aromatic heterocycles. The van der Waals surface area contributed by atoms with Crippen molar-refractivity contribution >= 4 is 6.71 Å². The predicted octanol–water partition coefficient (Wildman–Crippen LogP) is 8.01. The summed E-state index contributed by atoms with van der Waals surface area (Å²) in [6.07, 6.45) is 11.6. The second-order valence-electron chi connectivity index (χ2n) is 11.2. The van der Waals surface area contributed by atoms with Gasteiger partial charge in [0.05, 0.1) is 0 Å². The van der Waals surface area contributed by atoms with Crippen molar-refractivity contribution in [3.8, 4) is 0 Å². The molecule has 26 heavy (non-hydrogen) atoms. The van der Waals surface area contributed by atoms with E-state index in [1.54, 1.807) is 0 Å². The van der Waals surface area contributed by atoms with Crippen LogP contribution in [0.2, 0.25) is 12.6 Å². The Hall–Kier alpha value is -0.195. The summed E-state index contributed by atoms with van der Waals surface area (Å²) in [7, 11) is 0. The van der Waals surface area contributed by atoms with E-state index in [1.807, 2.05) is 0 Å². The molecule has 0 aromatic rings. The molecule has 0 nitrogen and oxygen atoms in total. The maximum atomic E-state index is 4.46. The Morgan fingerprint density at radius 1 is 0.808 bits per heavy atom. The van der Waals surface area contributed by atoms with Gasteiger partial charge in [0.1, 0.15) is 0 Å². The number of allylic oxidation sites excluding steroid dienone is 1. The first-order valence-electron chi connectivity index (χ1n) is 11.8. The molecule has 0 bridgehead atoms. The molecule has 0 aliphatic heterocycles. The van der Waals surface area contributed by atoms with Gasteiger partial charge in [0.15, 0.2) is 6.71 Å². The van der Waals surface area contributed by atoms with E-state index >= 15 is 0 Å². The van der Waals surface area contributed by atoms with Crippen LogP contribution in [-0.2, 0) is 0 Å². The fourth-order valence-corrected chi connectivity index (χ4v) is 6.57. The van der Waals surface area contributed by atoms with Crippen molar-refractivity contribution in [1.29, 1.82) is 0 Å². The molecule has 0 radical (unpaired) electrons. The molecule has 0 aromatic carbocycles. The largest absolute Gasteiger partial charge is 0.169 e. The van der Waals surface area contributed by atoms with E-state index in [4.69, 9.17) is 0 Å². The van der Waals surface area contributed by atoms with Crippen LogP contribution >= 0.6 is 0 Å². The molecule has 1 heteroatoms. The minimum atomic E-state index is 0.753. The monoisotopic (exact) mass is 358 g/mol. The third-order valence-electron chi connectivity index (χ3n) is 8.19. The zero-order chi connectivity index (χ0) is 19.4. The molecule has 0 saturated heterocycles. The van der Waals surface area contributed by atoms with E-state index in [9.17, 15) is 0 Å². The lowest BCUT2D eigenvalue weighted by molar-refractivity contribution is 0.151. The third-order valence-corrected chi connectivity index (χ3v) is 8.19. The highest BCUT2D eigenvalue weighted by Gasteiger charge is 2.37. The zero-order valence-corrected chi connectivity index (χ0v) is 19.1. The van der Waals surface area contributed by atoms with Gasteiger partial charge in [-0.25, -0.2) is 0 Å². The van der Waals surface area contributed by atoms with Crippen LogP contribution in [0.4, 0.5) is 0 Å². The minimum absolute atomic E-state index is 0.753. The number of rotatable bonds is 7. The standard InChI is InChI=1S/C25H47B/c1-17(2)24-11-9-20(7)13-22(24)15-26(19(5)6)16-23-14-21(8)10-12-25(23)18(3)4/h17-18,20-25H,5,9-16H2,1-4,6-8H3/t20-,21-,22-,23-,24+,25+/m1/s1. The molecule has 6 atom stereocenters. The van der Waals surface area contributed by atoms with Gasteiger partial charge in [-0.05, 0) is 73.0 Å². The van der Waals surface area contributed by atoms with Gasteiger partial charge in [0.25, 0.3) is 0 Å². The van der Waals surface area contributed by atoms with Crippen molar-refractivity contribution in [3.63, 3.8) is 0 Å². The van der Waals surface area contributed by atoms with Gasteiger partial charge in [0.2, 0.25) is 0 Å². The lowest BCUT2D eigenvalue weighted by Gasteiger charge is -2.41. The molecule has 0 amide bonds. The highest BCUT2D eigenvalue weighted by atomic mass is 14.4. The lowest BCUT2D eigenvalue weighted by atomic mass is 9.35. The molecule has 150 valence electrons. The van der Waals surface area contributed by atoms with E-state index in [0.717, 1.165) is 54.1 Å². The molecular formula is C25H47B. The molecule has 2 fully saturated rings. The fourth-order valence-electron chi connectivity index (χ4n) is 6.57. The maximum Gasteiger partial charge on any atom is 0.169 e. The Bertz CT molecular complexity index is 403. The van der Waals surface area contributed by atoms with E-state index in [0.29, 0.717) is 0 Å². The van der Waals surface area contributed by atoms with Gasteiger partial charge < -0.3 is 0 Å². The molecule has 0 N–H and O–H groups in total. The van der Waals surface area contributed by atoms with E-state index in [-0.39, 0.29) is 0 Å². The van der Waals surface area contributed by atoms with Gasteiger partial charge in [-0.3, -0.25) is 0 Å². The van der Waals surface area contributed by atoms with Crippen LogP contribution < -0.4 is 0 Å². The van der Waals surface area contributed by atoms with Gasteiger partial charge >= 0.3 is 0 Å². The molecule has 2 aliphatic rings. The topological polar surface area (TPSA) is 0 Å². The fraction of sp³-hybridized carbons (Fsp3) is 0.920. The van der Waals surface area contributed by atoms with Crippen molar-refractivity contribution in [2.75, 3.05) is 0 Å². The minimum Gasteiger partial charge on any atom is -0.111 e. The first-order chi connectivity index (χ1) is 12.2. The van der Waals surface area contributed by atoms with Crippen LogP contribution in [0.5, 0.6) is 0 Å². The molecule has 2 saturated carbocycles. The second kappa shape index (κ2) is 9.84. The second-order valence-corrected chi connectivity index (χ2v) is 11.2. The van der Waals surface area contributed by atoms with Crippen molar-refractivity contribution in [1.82, 2.24) is 0 Å². The highest BCUT2D eigenvalue weighted by molar-refractivity contribution is 6.66. The van der Waals surface area contributed by atoms with Crippen molar-refractivity contribution in [2.24, 2.45) is 47.3 Å². The molecule has 2 rings (SSSR count). The Labute approximate surface area is 166 Å². The van der Waals surface area contributed by atoms with E-state index in [2.05, 4.69) is 55.0 Å². The van der Waals surface area contributed by atoms with Crippen LogP contribution in [0.25, 0.3) is 0 Å². The summed E-state index contributed by atoms with van der Waals surface area (Å²) >= 11 is 0. The lowest BCUT2D eigenvalue weighted by Crippen LogP contribution is -2.35. The summed E-state index contributed by atoms with van der Waals surface area (Å²) in [6.45, 7) is 22.3. The van der Waals surface area contributed by atoms with Crippen molar-refractivity contribution < 1.29 is 0 Å². The molecule has 0 spiro atoms. The van der Waals surface area contributed by atoms with Crippen molar-refractivity contribution in [2.45, 2.75) is 99.6 Å². The molecule has 0 unspecified atom stereocenters. The van der Waals surface area contributed by atoms with Gasteiger partial charge in [-0.1, -0.05) is 73.9 Å². The van der Waals surface area contributed by atoms with Crippen LogP contribution in [0.15, 0.2) is 12.1 Å². The van der Waals surface area contributed by atoms with Gasteiger partial charge in [0, 0.05) is 0 Å². The Kier molecular flexibility index (Phi) is 8.36. The molecule has 2 aliphatic carbocycles. The first-order valence-corrected chi connectivity index (χ1v) is 11.8. The van der Waals surface area contributed by atoms with Gasteiger partial charge in [-0.2, -0.15) is 0 Å². The van der Waals surface area contributed by atoms with Crippen LogP contribution in [0.1, 0.15) is 87.0 Å². The summed E-state index contributed by atoms with van der Waals surface area (Å²) < 4.78 is 0. The zero-order valence-electron chi connectivity index (χ0n) is 19.1. The molecular weight excluding hydrogens is 311 g/mol. The quantitative estimate of drug-likeness (QED) is 0.404. The van der Waals surface area contributed by atoms with Crippen molar-refractivity contribution in [3.05, 3.63) is 12.1 Å². The predicted molar refractivity (Wildman–Crippen MR) is 120 cm³/mol. The molecule has 0 heterocycles.